The Bertz CT molecular complexity index is 1070. The quantitative estimate of drug-likeness (QED) is 0.435. The number of imidazole rings is 1. The van der Waals surface area contributed by atoms with Crippen LogP contribution in [-0.4, -0.2) is 9.55 Å². The lowest BCUT2D eigenvalue weighted by Crippen LogP contribution is -2.03. The zero-order valence-corrected chi connectivity index (χ0v) is 16.1. The van der Waals surface area contributed by atoms with E-state index in [1.165, 1.54) is 0 Å². The fraction of sp³-hybridized carbons (Fsp3) is 0.0952. The lowest BCUT2D eigenvalue weighted by molar-refractivity contribution is 0.292. The van der Waals surface area contributed by atoms with Gasteiger partial charge in [0.05, 0.1) is 26.8 Å². The van der Waals surface area contributed by atoms with Gasteiger partial charge in [0.25, 0.3) is 0 Å². The Kier molecular flexibility index (Phi) is 4.92. The van der Waals surface area contributed by atoms with E-state index in [9.17, 15) is 0 Å². The molecule has 4 aromatic rings. The molecule has 27 heavy (non-hydrogen) atoms. The molecule has 0 bridgehead atoms. The Labute approximate surface area is 167 Å². The number of nitrogens with zero attached hydrogens (tertiary/aromatic N) is 2. The van der Waals surface area contributed by atoms with Gasteiger partial charge in [-0.3, -0.25) is 0 Å². The van der Waals surface area contributed by atoms with Crippen LogP contribution in [0.3, 0.4) is 0 Å². The summed E-state index contributed by atoms with van der Waals surface area (Å²) in [4.78, 5) is 4.62. The fourth-order valence-electron chi connectivity index (χ4n) is 2.87. The van der Waals surface area contributed by atoms with Crippen molar-refractivity contribution < 1.29 is 4.74 Å². The summed E-state index contributed by atoms with van der Waals surface area (Å²) in [6.45, 7) is 0.397. The van der Waals surface area contributed by atoms with E-state index < -0.39 is 0 Å². The van der Waals surface area contributed by atoms with Crippen LogP contribution in [0.1, 0.15) is 5.82 Å². The van der Waals surface area contributed by atoms with E-state index in [0.29, 0.717) is 22.3 Å². The monoisotopic (exact) mass is 397 g/mol. The van der Waals surface area contributed by atoms with Crippen molar-refractivity contribution >= 4 is 45.6 Å². The third-order valence-electron chi connectivity index (χ3n) is 4.33. The highest BCUT2D eigenvalue weighted by molar-refractivity contribution is 6.39. The molecule has 0 saturated carbocycles. The lowest BCUT2D eigenvalue weighted by Gasteiger charge is -2.11. The van der Waals surface area contributed by atoms with Gasteiger partial charge in [-0.1, -0.05) is 41.4 Å². The average Bonchev–Trinajstić information content (AvgIpc) is 3.00. The summed E-state index contributed by atoms with van der Waals surface area (Å²) in [5.74, 6) is 1.64. The van der Waals surface area contributed by atoms with Gasteiger partial charge in [0, 0.05) is 12.7 Å². The van der Waals surface area contributed by atoms with E-state index in [1.807, 2.05) is 66.2 Å². The second-order valence-corrected chi connectivity index (χ2v) is 6.92. The number of fused-ring (bicyclic) bond motifs is 1. The van der Waals surface area contributed by atoms with Crippen molar-refractivity contribution in [2.45, 2.75) is 6.61 Å². The van der Waals surface area contributed by atoms with E-state index in [-0.39, 0.29) is 0 Å². The van der Waals surface area contributed by atoms with E-state index in [2.05, 4.69) is 10.3 Å². The van der Waals surface area contributed by atoms with E-state index >= 15 is 0 Å². The number of ether oxygens (including phenoxy) is 1. The molecule has 136 valence electrons. The Morgan fingerprint density at radius 2 is 1.63 bits per heavy atom. The van der Waals surface area contributed by atoms with Crippen molar-refractivity contribution in [1.29, 1.82) is 0 Å². The number of rotatable bonds is 5. The van der Waals surface area contributed by atoms with Gasteiger partial charge in [0.2, 0.25) is 0 Å². The van der Waals surface area contributed by atoms with Gasteiger partial charge in [0.1, 0.15) is 18.2 Å². The molecular formula is C21H17Cl2N3O. The number of nitrogens with one attached hydrogen (secondary N) is 1. The molecule has 3 aromatic carbocycles. The van der Waals surface area contributed by atoms with Crippen LogP contribution in [0.5, 0.6) is 5.75 Å². The molecule has 6 heteroatoms. The van der Waals surface area contributed by atoms with E-state index in [0.717, 1.165) is 28.3 Å². The Balaban J connectivity index is 1.45. The first-order valence-electron chi connectivity index (χ1n) is 8.46. The van der Waals surface area contributed by atoms with Gasteiger partial charge in [-0.15, -0.1) is 0 Å². The third-order valence-corrected chi connectivity index (χ3v) is 4.96. The van der Waals surface area contributed by atoms with Gasteiger partial charge >= 0.3 is 0 Å². The molecule has 1 aromatic heterocycles. The van der Waals surface area contributed by atoms with Gasteiger partial charge in [-0.05, 0) is 48.5 Å². The summed E-state index contributed by atoms with van der Waals surface area (Å²) in [6, 6.07) is 21.1. The predicted octanol–water partition coefficient (Wildman–Crippen LogP) is 6.20. The number of aromatic nitrogens is 2. The number of hydrogen-bond donors (Lipinski definition) is 1. The number of para-hydroxylation sites is 3. The number of benzene rings is 3. The van der Waals surface area contributed by atoms with Gasteiger partial charge in [0.15, 0.2) is 0 Å². The number of anilines is 2. The van der Waals surface area contributed by atoms with Crippen LogP contribution in [0.15, 0.2) is 66.7 Å². The Hall–Kier alpha value is -2.69. The molecule has 1 heterocycles. The highest BCUT2D eigenvalue weighted by atomic mass is 35.5. The summed E-state index contributed by atoms with van der Waals surface area (Å²) >= 11 is 12.4. The molecule has 0 amide bonds. The smallest absolute Gasteiger partial charge is 0.147 e. The molecule has 4 rings (SSSR count). The molecule has 0 spiro atoms. The third kappa shape index (κ3) is 3.72. The molecule has 0 aliphatic heterocycles. The van der Waals surface area contributed by atoms with Crippen LogP contribution < -0.4 is 10.1 Å². The fourth-order valence-corrected chi connectivity index (χ4v) is 3.36. The molecule has 0 unspecified atom stereocenters. The number of halogens is 2. The highest BCUT2D eigenvalue weighted by Gasteiger charge is 2.08. The van der Waals surface area contributed by atoms with Crippen LogP contribution >= 0.6 is 23.2 Å². The minimum absolute atomic E-state index is 0.397. The largest absolute Gasteiger partial charge is 0.486 e. The van der Waals surface area contributed by atoms with Crippen molar-refractivity contribution in [3.63, 3.8) is 0 Å². The van der Waals surface area contributed by atoms with E-state index in [1.54, 1.807) is 12.1 Å². The average molecular weight is 398 g/mol. The minimum Gasteiger partial charge on any atom is -0.486 e. The van der Waals surface area contributed by atoms with Crippen molar-refractivity contribution in [2.75, 3.05) is 5.32 Å². The van der Waals surface area contributed by atoms with Crippen LogP contribution in [-0.2, 0) is 13.7 Å². The summed E-state index contributed by atoms with van der Waals surface area (Å²) < 4.78 is 7.94. The molecule has 0 aliphatic carbocycles. The maximum absolute atomic E-state index is 6.20. The zero-order chi connectivity index (χ0) is 18.8. The SMILES string of the molecule is Cn1c(COc2ccc(Nc3c(Cl)cccc3Cl)cc2)nc2ccccc21. The van der Waals surface area contributed by atoms with E-state index in [4.69, 9.17) is 27.9 Å². The summed E-state index contributed by atoms with van der Waals surface area (Å²) in [5.41, 5.74) is 3.62. The first-order valence-corrected chi connectivity index (χ1v) is 9.21. The molecule has 0 aliphatic rings. The first kappa shape index (κ1) is 17.7. The Morgan fingerprint density at radius 1 is 0.926 bits per heavy atom. The molecule has 0 saturated heterocycles. The Morgan fingerprint density at radius 3 is 2.33 bits per heavy atom. The zero-order valence-electron chi connectivity index (χ0n) is 14.6. The number of hydrogen-bond acceptors (Lipinski definition) is 3. The van der Waals surface area contributed by atoms with Crippen LogP contribution in [0.2, 0.25) is 10.0 Å². The minimum atomic E-state index is 0.397. The van der Waals surface area contributed by atoms with Crippen LogP contribution in [0, 0.1) is 0 Å². The van der Waals surface area contributed by atoms with Gasteiger partial charge in [-0.25, -0.2) is 4.98 Å². The van der Waals surface area contributed by atoms with Gasteiger partial charge < -0.3 is 14.6 Å². The van der Waals surface area contributed by atoms with Crippen molar-refractivity contribution in [1.82, 2.24) is 9.55 Å². The molecule has 4 nitrogen and oxygen atoms in total. The second-order valence-electron chi connectivity index (χ2n) is 6.11. The number of aryl methyl sites for hydroxylation is 1. The molecule has 1 N–H and O–H groups in total. The molecule has 0 atom stereocenters. The summed E-state index contributed by atoms with van der Waals surface area (Å²) in [5, 5.41) is 4.38. The van der Waals surface area contributed by atoms with Crippen molar-refractivity contribution in [3.05, 3.63) is 82.6 Å². The standard InChI is InChI=1S/C21H17Cl2N3O/c1-26-19-8-3-2-7-18(19)25-20(26)13-27-15-11-9-14(10-12-15)24-21-16(22)5-4-6-17(21)23/h2-12,24H,13H2,1H3. The maximum Gasteiger partial charge on any atom is 0.147 e. The first-order chi connectivity index (χ1) is 13.1. The molecular weight excluding hydrogens is 381 g/mol. The van der Waals surface area contributed by atoms with Crippen molar-refractivity contribution in [3.8, 4) is 5.75 Å². The van der Waals surface area contributed by atoms with Crippen molar-refractivity contribution in [2.24, 2.45) is 7.05 Å². The van der Waals surface area contributed by atoms with Crippen LogP contribution in [0.4, 0.5) is 11.4 Å². The summed E-state index contributed by atoms with van der Waals surface area (Å²) in [6.07, 6.45) is 0. The van der Waals surface area contributed by atoms with Crippen LogP contribution in [0.25, 0.3) is 11.0 Å². The second kappa shape index (κ2) is 7.51. The lowest BCUT2D eigenvalue weighted by atomic mass is 10.2. The topological polar surface area (TPSA) is 39.1 Å². The normalized spacial score (nSPS) is 10.9. The highest BCUT2D eigenvalue weighted by Crippen LogP contribution is 2.33. The molecule has 0 radical (unpaired) electrons. The molecule has 0 fully saturated rings. The predicted molar refractivity (Wildman–Crippen MR) is 111 cm³/mol. The maximum atomic E-state index is 6.20. The van der Waals surface area contributed by atoms with Gasteiger partial charge in [-0.2, -0.15) is 0 Å². The summed E-state index contributed by atoms with van der Waals surface area (Å²) in [7, 11) is 1.99.